The molecule has 0 atom stereocenters. The molecule has 2 rings (SSSR count). The van der Waals surface area contributed by atoms with Crippen molar-refractivity contribution in [2.75, 3.05) is 0 Å². The molecule has 4 nitrogen and oxygen atoms in total. The molecule has 0 bridgehead atoms. The van der Waals surface area contributed by atoms with Gasteiger partial charge in [-0.15, -0.1) is 0 Å². The summed E-state index contributed by atoms with van der Waals surface area (Å²) in [7, 11) is 0. The largest absolute Gasteiger partial charge is 0.426 e. The highest BCUT2D eigenvalue weighted by atomic mass is 127. The van der Waals surface area contributed by atoms with Gasteiger partial charge in [0.2, 0.25) is 0 Å². The van der Waals surface area contributed by atoms with Gasteiger partial charge in [-0.05, 0) is 28.7 Å². The summed E-state index contributed by atoms with van der Waals surface area (Å²) in [5.41, 5.74) is 0.719. The zero-order valence-corrected chi connectivity index (χ0v) is 10.0. The van der Waals surface area contributed by atoms with Crippen LogP contribution in [-0.4, -0.2) is 15.2 Å². The SMILES string of the molecule is IOc1cnc2n[nH]c(I)c2c1. The van der Waals surface area contributed by atoms with Crippen LogP contribution in [0.1, 0.15) is 0 Å². The minimum atomic E-state index is 0.719. The zero-order valence-electron chi connectivity index (χ0n) is 5.71. The zero-order chi connectivity index (χ0) is 8.55. The van der Waals surface area contributed by atoms with Crippen LogP contribution in [0.5, 0.6) is 5.75 Å². The van der Waals surface area contributed by atoms with Gasteiger partial charge in [-0.1, -0.05) is 0 Å². The van der Waals surface area contributed by atoms with E-state index in [-0.39, 0.29) is 0 Å². The summed E-state index contributed by atoms with van der Waals surface area (Å²) in [5.74, 6) is 0.738. The van der Waals surface area contributed by atoms with Gasteiger partial charge >= 0.3 is 0 Å². The molecule has 0 amide bonds. The Morgan fingerprint density at radius 3 is 3.08 bits per heavy atom. The predicted octanol–water partition coefficient (Wildman–Crippen LogP) is 2.29. The number of H-pyrrole nitrogens is 1. The first-order chi connectivity index (χ1) is 5.81. The van der Waals surface area contributed by atoms with Gasteiger partial charge < -0.3 is 3.07 Å². The van der Waals surface area contributed by atoms with E-state index in [0.717, 1.165) is 20.5 Å². The number of rotatable bonds is 1. The molecular weight excluding hydrogens is 384 g/mol. The third-order valence-corrected chi connectivity index (χ3v) is 2.76. The molecular formula is C6H3I2N3O. The van der Waals surface area contributed by atoms with Gasteiger partial charge in [-0.3, -0.25) is 5.10 Å². The quantitative estimate of drug-likeness (QED) is 0.765. The van der Waals surface area contributed by atoms with Gasteiger partial charge in [0.05, 0.1) is 11.6 Å². The second-order valence-electron chi connectivity index (χ2n) is 2.16. The molecule has 0 saturated carbocycles. The summed E-state index contributed by atoms with van der Waals surface area (Å²) >= 11 is 3.99. The second kappa shape index (κ2) is 3.32. The second-order valence-corrected chi connectivity index (χ2v) is 3.68. The Morgan fingerprint density at radius 2 is 2.33 bits per heavy atom. The van der Waals surface area contributed by atoms with Gasteiger partial charge in [0.25, 0.3) is 0 Å². The molecule has 62 valence electrons. The Kier molecular flexibility index (Phi) is 2.35. The highest BCUT2D eigenvalue weighted by Crippen LogP contribution is 2.21. The first kappa shape index (κ1) is 8.48. The number of nitrogens with zero attached hydrogens (tertiary/aromatic N) is 2. The predicted molar refractivity (Wildman–Crippen MR) is 61.3 cm³/mol. The molecule has 0 saturated heterocycles. The highest BCUT2D eigenvalue weighted by Gasteiger charge is 2.04. The lowest BCUT2D eigenvalue weighted by molar-refractivity contribution is 0.713. The summed E-state index contributed by atoms with van der Waals surface area (Å²) in [4.78, 5) is 4.10. The Hall–Kier alpha value is -0.120. The van der Waals surface area contributed by atoms with Crippen LogP contribution < -0.4 is 3.07 Å². The van der Waals surface area contributed by atoms with Crippen LogP contribution in [0.25, 0.3) is 11.0 Å². The molecule has 0 aliphatic heterocycles. The first-order valence-corrected chi connectivity index (χ1v) is 5.05. The van der Waals surface area contributed by atoms with E-state index in [4.69, 9.17) is 3.07 Å². The number of aromatic nitrogens is 3. The Bertz CT molecular complexity index is 414. The van der Waals surface area contributed by atoms with Crippen LogP contribution in [0.2, 0.25) is 0 Å². The summed E-state index contributed by atoms with van der Waals surface area (Å²) in [6, 6.07) is 1.90. The fraction of sp³-hybridized carbons (Fsp3) is 0. The van der Waals surface area contributed by atoms with E-state index in [0.29, 0.717) is 0 Å². The van der Waals surface area contributed by atoms with E-state index >= 15 is 0 Å². The van der Waals surface area contributed by atoms with Crippen LogP contribution in [0.15, 0.2) is 12.3 Å². The van der Waals surface area contributed by atoms with Gasteiger partial charge in [0, 0.05) is 0 Å². The lowest BCUT2D eigenvalue weighted by Gasteiger charge is -1.93. The van der Waals surface area contributed by atoms with Crippen LogP contribution >= 0.6 is 45.6 Å². The van der Waals surface area contributed by atoms with E-state index in [1.165, 1.54) is 0 Å². The van der Waals surface area contributed by atoms with E-state index in [1.54, 1.807) is 6.20 Å². The average Bonchev–Trinajstić information content (AvgIpc) is 2.47. The standard InChI is InChI=1S/C6H3I2N3O/c7-5-4-1-3(12-8)2-9-6(4)11-10-5/h1-2H,(H,9,10,11). The number of halogens is 2. The van der Waals surface area contributed by atoms with E-state index in [2.05, 4.69) is 37.8 Å². The molecule has 0 aliphatic rings. The van der Waals surface area contributed by atoms with Crippen molar-refractivity contribution in [3.05, 3.63) is 16.0 Å². The number of nitrogens with one attached hydrogen (secondary N) is 1. The van der Waals surface area contributed by atoms with E-state index in [9.17, 15) is 0 Å². The number of hydrogen-bond acceptors (Lipinski definition) is 3. The molecule has 6 heteroatoms. The van der Waals surface area contributed by atoms with Crippen molar-refractivity contribution >= 4 is 56.6 Å². The van der Waals surface area contributed by atoms with Gasteiger partial charge in [0.15, 0.2) is 34.4 Å². The molecule has 0 fully saturated rings. The summed E-state index contributed by atoms with van der Waals surface area (Å²) < 4.78 is 5.99. The molecule has 2 heterocycles. The minimum Gasteiger partial charge on any atom is -0.426 e. The van der Waals surface area contributed by atoms with Crippen LogP contribution in [-0.2, 0) is 0 Å². The van der Waals surface area contributed by atoms with Gasteiger partial charge in [-0.2, -0.15) is 5.10 Å². The van der Waals surface area contributed by atoms with Crippen LogP contribution in [0.4, 0.5) is 0 Å². The Labute approximate surface area is 95.9 Å². The Balaban J connectivity index is 2.71. The summed E-state index contributed by atoms with van der Waals surface area (Å²) in [5, 5.41) is 7.83. The molecule has 2 aromatic heterocycles. The van der Waals surface area contributed by atoms with Crippen molar-refractivity contribution in [3.8, 4) is 5.75 Å². The Morgan fingerprint density at radius 1 is 1.50 bits per heavy atom. The lowest BCUT2D eigenvalue weighted by atomic mass is 10.3. The van der Waals surface area contributed by atoms with Crippen molar-refractivity contribution in [1.29, 1.82) is 0 Å². The smallest absolute Gasteiger partial charge is 0.192 e. The van der Waals surface area contributed by atoms with E-state index in [1.807, 2.05) is 29.1 Å². The molecule has 2 aromatic rings. The van der Waals surface area contributed by atoms with Gasteiger partial charge in [0.1, 0.15) is 3.70 Å². The molecule has 0 radical (unpaired) electrons. The van der Waals surface area contributed by atoms with Crippen molar-refractivity contribution in [2.45, 2.75) is 0 Å². The summed E-state index contributed by atoms with van der Waals surface area (Å²) in [6.07, 6.45) is 1.64. The maximum atomic E-state index is 5.01. The fourth-order valence-corrected chi connectivity index (χ4v) is 1.65. The monoisotopic (exact) mass is 387 g/mol. The maximum absolute atomic E-state index is 5.01. The van der Waals surface area contributed by atoms with Crippen LogP contribution in [0, 0.1) is 3.70 Å². The third kappa shape index (κ3) is 1.37. The third-order valence-electron chi connectivity index (χ3n) is 1.43. The average molecular weight is 387 g/mol. The maximum Gasteiger partial charge on any atom is 0.192 e. The highest BCUT2D eigenvalue weighted by molar-refractivity contribution is 14.1. The fourth-order valence-electron chi connectivity index (χ4n) is 0.893. The lowest BCUT2D eigenvalue weighted by Crippen LogP contribution is -1.79. The molecule has 0 aliphatic carbocycles. The van der Waals surface area contributed by atoms with Crippen LogP contribution in [0.3, 0.4) is 0 Å². The molecule has 1 N–H and O–H groups in total. The molecule has 0 spiro atoms. The molecule has 12 heavy (non-hydrogen) atoms. The molecule has 0 aromatic carbocycles. The summed E-state index contributed by atoms with van der Waals surface area (Å²) in [6.45, 7) is 0. The van der Waals surface area contributed by atoms with Crippen molar-refractivity contribution in [3.63, 3.8) is 0 Å². The van der Waals surface area contributed by atoms with Crippen molar-refractivity contribution < 1.29 is 3.07 Å². The number of pyridine rings is 1. The van der Waals surface area contributed by atoms with Crippen molar-refractivity contribution in [2.24, 2.45) is 0 Å². The van der Waals surface area contributed by atoms with E-state index < -0.39 is 0 Å². The minimum absolute atomic E-state index is 0.719. The van der Waals surface area contributed by atoms with Gasteiger partial charge in [-0.25, -0.2) is 4.98 Å². The normalized spacial score (nSPS) is 10.5. The number of hydrogen-bond donors (Lipinski definition) is 1. The molecule has 0 unspecified atom stereocenters. The van der Waals surface area contributed by atoms with Crippen molar-refractivity contribution in [1.82, 2.24) is 15.2 Å². The number of aromatic amines is 1. The number of fused-ring (bicyclic) bond motifs is 1. The first-order valence-electron chi connectivity index (χ1n) is 3.09. The topological polar surface area (TPSA) is 50.8 Å².